The molecule has 1 aliphatic rings. The van der Waals surface area contributed by atoms with E-state index in [9.17, 15) is 0 Å². The molecule has 1 fully saturated rings. The maximum atomic E-state index is 5.52. The quantitative estimate of drug-likeness (QED) is 0.829. The van der Waals surface area contributed by atoms with Crippen molar-refractivity contribution in [3.05, 3.63) is 29.8 Å². The Balaban J connectivity index is 2.09. The fourth-order valence-corrected chi connectivity index (χ4v) is 3.27. The van der Waals surface area contributed by atoms with Crippen molar-refractivity contribution in [3.63, 3.8) is 0 Å². The molecule has 1 N–H and O–H groups in total. The predicted molar refractivity (Wildman–Crippen MR) is 80.5 cm³/mol. The van der Waals surface area contributed by atoms with Crippen LogP contribution in [0.2, 0.25) is 0 Å². The van der Waals surface area contributed by atoms with Crippen molar-refractivity contribution in [2.45, 2.75) is 46.1 Å². The fraction of sp³-hybridized carbons (Fsp3) is 0.647. The Morgan fingerprint density at radius 1 is 1.21 bits per heavy atom. The average molecular weight is 261 g/mol. The van der Waals surface area contributed by atoms with Gasteiger partial charge in [0.2, 0.25) is 0 Å². The highest BCUT2D eigenvalue weighted by Crippen LogP contribution is 2.39. The first-order chi connectivity index (χ1) is 9.24. The van der Waals surface area contributed by atoms with Crippen LogP contribution in [0.3, 0.4) is 0 Å². The fourth-order valence-electron chi connectivity index (χ4n) is 3.27. The Labute approximate surface area is 117 Å². The van der Waals surface area contributed by atoms with E-state index in [0.717, 1.165) is 30.7 Å². The minimum absolute atomic E-state index is 0.505. The minimum Gasteiger partial charge on any atom is -0.494 e. The van der Waals surface area contributed by atoms with E-state index in [1.165, 1.54) is 24.8 Å². The lowest BCUT2D eigenvalue weighted by molar-refractivity contribution is 0.338. The standard InChI is InChI=1S/C17H27NO/c1-4-18-17(15-7-6-13(3)12-15)14-8-10-16(11-9-14)19-5-2/h8-11,13,15,17-18H,4-7,12H2,1-3H3. The number of hydrogen-bond acceptors (Lipinski definition) is 2. The lowest BCUT2D eigenvalue weighted by atomic mass is 9.91. The molecule has 3 atom stereocenters. The molecule has 0 spiro atoms. The van der Waals surface area contributed by atoms with Crippen molar-refractivity contribution in [2.75, 3.05) is 13.2 Å². The number of ether oxygens (including phenoxy) is 1. The molecule has 0 radical (unpaired) electrons. The molecule has 3 unspecified atom stereocenters. The molecule has 19 heavy (non-hydrogen) atoms. The molecule has 1 saturated carbocycles. The third kappa shape index (κ3) is 3.73. The van der Waals surface area contributed by atoms with E-state index in [1.807, 2.05) is 6.92 Å². The summed E-state index contributed by atoms with van der Waals surface area (Å²) in [6.45, 7) is 8.36. The maximum absolute atomic E-state index is 5.52. The third-order valence-corrected chi connectivity index (χ3v) is 4.18. The highest BCUT2D eigenvalue weighted by Gasteiger charge is 2.29. The first-order valence-corrected chi connectivity index (χ1v) is 7.70. The number of benzene rings is 1. The van der Waals surface area contributed by atoms with E-state index in [-0.39, 0.29) is 0 Å². The van der Waals surface area contributed by atoms with Crippen LogP contribution >= 0.6 is 0 Å². The lowest BCUT2D eigenvalue weighted by Gasteiger charge is -2.25. The van der Waals surface area contributed by atoms with Gasteiger partial charge in [-0.15, -0.1) is 0 Å². The van der Waals surface area contributed by atoms with Crippen molar-refractivity contribution in [3.8, 4) is 5.75 Å². The molecule has 0 heterocycles. The summed E-state index contributed by atoms with van der Waals surface area (Å²) in [6, 6.07) is 9.15. The van der Waals surface area contributed by atoms with Gasteiger partial charge in [0.05, 0.1) is 6.61 Å². The van der Waals surface area contributed by atoms with E-state index < -0.39 is 0 Å². The number of nitrogens with one attached hydrogen (secondary N) is 1. The van der Waals surface area contributed by atoms with Crippen LogP contribution in [-0.2, 0) is 0 Å². The Morgan fingerprint density at radius 2 is 1.95 bits per heavy atom. The summed E-state index contributed by atoms with van der Waals surface area (Å²) in [5, 5.41) is 3.67. The molecule has 1 aromatic rings. The van der Waals surface area contributed by atoms with Gasteiger partial charge >= 0.3 is 0 Å². The molecule has 2 nitrogen and oxygen atoms in total. The van der Waals surface area contributed by atoms with Crippen LogP contribution in [0.5, 0.6) is 5.75 Å². The van der Waals surface area contributed by atoms with Crippen LogP contribution < -0.4 is 10.1 Å². The zero-order valence-electron chi connectivity index (χ0n) is 12.5. The van der Waals surface area contributed by atoms with Gasteiger partial charge in [0, 0.05) is 6.04 Å². The molecular formula is C17H27NO. The van der Waals surface area contributed by atoms with Crippen molar-refractivity contribution >= 4 is 0 Å². The molecule has 1 aliphatic carbocycles. The molecule has 2 rings (SSSR count). The summed E-state index contributed by atoms with van der Waals surface area (Å²) in [7, 11) is 0. The van der Waals surface area contributed by atoms with Crippen LogP contribution in [0.15, 0.2) is 24.3 Å². The summed E-state index contributed by atoms with van der Waals surface area (Å²) in [5.41, 5.74) is 1.41. The Bertz CT molecular complexity index is 373. The Morgan fingerprint density at radius 3 is 2.47 bits per heavy atom. The number of rotatable bonds is 6. The summed E-state index contributed by atoms with van der Waals surface area (Å²) in [6.07, 6.45) is 4.08. The SMILES string of the molecule is CCNC(c1ccc(OCC)cc1)C1CCC(C)C1. The van der Waals surface area contributed by atoms with Crippen LogP contribution in [0.1, 0.15) is 51.6 Å². The number of hydrogen-bond donors (Lipinski definition) is 1. The zero-order chi connectivity index (χ0) is 13.7. The van der Waals surface area contributed by atoms with Gasteiger partial charge in [0.25, 0.3) is 0 Å². The first-order valence-electron chi connectivity index (χ1n) is 7.70. The molecule has 0 saturated heterocycles. The van der Waals surface area contributed by atoms with E-state index in [0.29, 0.717) is 6.04 Å². The first kappa shape index (κ1) is 14.4. The summed E-state index contributed by atoms with van der Waals surface area (Å²) >= 11 is 0. The van der Waals surface area contributed by atoms with Crippen LogP contribution in [0.25, 0.3) is 0 Å². The second-order valence-corrected chi connectivity index (χ2v) is 5.72. The van der Waals surface area contributed by atoms with Gasteiger partial charge in [-0.05, 0) is 55.8 Å². The molecule has 0 bridgehead atoms. The molecule has 0 aromatic heterocycles. The van der Waals surface area contributed by atoms with E-state index in [2.05, 4.69) is 43.4 Å². The molecule has 0 amide bonds. The second kappa shape index (κ2) is 6.95. The van der Waals surface area contributed by atoms with Crippen LogP contribution in [0.4, 0.5) is 0 Å². The zero-order valence-corrected chi connectivity index (χ0v) is 12.5. The highest BCUT2D eigenvalue weighted by atomic mass is 16.5. The van der Waals surface area contributed by atoms with Crippen LogP contribution in [0, 0.1) is 11.8 Å². The van der Waals surface area contributed by atoms with Gasteiger partial charge in [0.15, 0.2) is 0 Å². The van der Waals surface area contributed by atoms with Crippen molar-refractivity contribution in [1.29, 1.82) is 0 Å². The third-order valence-electron chi connectivity index (χ3n) is 4.18. The Kier molecular flexibility index (Phi) is 5.26. The van der Waals surface area contributed by atoms with Gasteiger partial charge in [-0.25, -0.2) is 0 Å². The van der Waals surface area contributed by atoms with E-state index in [1.54, 1.807) is 0 Å². The van der Waals surface area contributed by atoms with Gasteiger partial charge in [-0.3, -0.25) is 0 Å². The van der Waals surface area contributed by atoms with Crippen LogP contribution in [-0.4, -0.2) is 13.2 Å². The molecule has 1 aromatic carbocycles. The van der Waals surface area contributed by atoms with Gasteiger partial charge < -0.3 is 10.1 Å². The van der Waals surface area contributed by atoms with Gasteiger partial charge in [0.1, 0.15) is 5.75 Å². The summed E-state index contributed by atoms with van der Waals surface area (Å²) in [5.74, 6) is 2.64. The summed E-state index contributed by atoms with van der Waals surface area (Å²) < 4.78 is 5.52. The minimum atomic E-state index is 0.505. The molecule has 106 valence electrons. The van der Waals surface area contributed by atoms with Crippen molar-refractivity contribution in [2.24, 2.45) is 11.8 Å². The van der Waals surface area contributed by atoms with E-state index in [4.69, 9.17) is 4.74 Å². The summed E-state index contributed by atoms with van der Waals surface area (Å²) in [4.78, 5) is 0. The normalized spacial score (nSPS) is 24.4. The van der Waals surface area contributed by atoms with Gasteiger partial charge in [-0.1, -0.05) is 32.4 Å². The lowest BCUT2D eigenvalue weighted by Crippen LogP contribution is -2.27. The maximum Gasteiger partial charge on any atom is 0.119 e. The average Bonchev–Trinajstić information content (AvgIpc) is 2.84. The molecule has 2 heteroatoms. The van der Waals surface area contributed by atoms with E-state index >= 15 is 0 Å². The molecule has 0 aliphatic heterocycles. The monoisotopic (exact) mass is 261 g/mol. The second-order valence-electron chi connectivity index (χ2n) is 5.72. The predicted octanol–water partition coefficient (Wildman–Crippen LogP) is 4.17. The van der Waals surface area contributed by atoms with Crippen molar-refractivity contribution < 1.29 is 4.74 Å². The van der Waals surface area contributed by atoms with Gasteiger partial charge in [-0.2, -0.15) is 0 Å². The smallest absolute Gasteiger partial charge is 0.119 e. The van der Waals surface area contributed by atoms with Crippen molar-refractivity contribution in [1.82, 2.24) is 5.32 Å². The largest absolute Gasteiger partial charge is 0.494 e. The molecular weight excluding hydrogens is 234 g/mol. The topological polar surface area (TPSA) is 21.3 Å². The Hall–Kier alpha value is -1.02. The highest BCUT2D eigenvalue weighted by molar-refractivity contribution is 5.29.